The van der Waals surface area contributed by atoms with Crippen LogP contribution in [0.1, 0.15) is 31.1 Å². The summed E-state index contributed by atoms with van der Waals surface area (Å²) >= 11 is 0. The van der Waals surface area contributed by atoms with E-state index in [0.717, 1.165) is 0 Å². The highest BCUT2D eigenvalue weighted by atomic mass is 16.5. The van der Waals surface area contributed by atoms with Crippen LogP contribution in [0.3, 0.4) is 0 Å². The minimum atomic E-state index is -0.671. The number of hydrogen-bond donors (Lipinski definition) is 1. The zero-order valence-electron chi connectivity index (χ0n) is 13.6. The second-order valence-electron chi connectivity index (χ2n) is 4.59. The molecule has 6 nitrogen and oxygen atoms in total. The molecule has 0 spiro atoms. The van der Waals surface area contributed by atoms with Crippen molar-refractivity contribution in [2.24, 2.45) is 0 Å². The van der Waals surface area contributed by atoms with Gasteiger partial charge in [-0.05, 0) is 45.0 Å². The van der Waals surface area contributed by atoms with Crippen molar-refractivity contribution >= 4 is 17.6 Å². The summed E-state index contributed by atoms with van der Waals surface area (Å²) in [6, 6.07) is 8.61. The van der Waals surface area contributed by atoms with Gasteiger partial charge >= 0.3 is 5.97 Å². The second kappa shape index (κ2) is 9.26. The van der Waals surface area contributed by atoms with E-state index in [2.05, 4.69) is 5.32 Å². The molecule has 1 rings (SSSR count). The van der Waals surface area contributed by atoms with Crippen LogP contribution in [-0.2, 0) is 9.53 Å². The van der Waals surface area contributed by atoms with E-state index in [0.29, 0.717) is 24.3 Å². The van der Waals surface area contributed by atoms with Crippen LogP contribution in [0.15, 0.2) is 36.0 Å². The molecule has 0 aliphatic carbocycles. The molecule has 6 heteroatoms. The molecule has 0 fully saturated rings. The van der Waals surface area contributed by atoms with Gasteiger partial charge in [-0.2, -0.15) is 5.26 Å². The van der Waals surface area contributed by atoms with Gasteiger partial charge in [0.25, 0.3) is 5.91 Å². The van der Waals surface area contributed by atoms with Crippen LogP contribution in [-0.4, -0.2) is 36.5 Å². The van der Waals surface area contributed by atoms with Crippen LogP contribution in [0.2, 0.25) is 0 Å². The number of nitrogens with zero attached hydrogens (tertiary/aromatic N) is 2. The molecule has 1 aromatic carbocycles. The Labute approximate surface area is 136 Å². The molecule has 1 amide bonds. The van der Waals surface area contributed by atoms with Gasteiger partial charge in [0, 0.05) is 30.5 Å². The van der Waals surface area contributed by atoms with Crippen LogP contribution < -0.4 is 5.32 Å². The second-order valence-corrected chi connectivity index (χ2v) is 4.59. The Morgan fingerprint density at radius 1 is 1.22 bits per heavy atom. The summed E-state index contributed by atoms with van der Waals surface area (Å²) in [7, 11) is 0. The average molecular weight is 315 g/mol. The summed E-state index contributed by atoms with van der Waals surface area (Å²) in [5.41, 5.74) is 1.14. The molecule has 0 saturated heterocycles. The smallest absolute Gasteiger partial charge is 0.350 e. The fraction of sp³-hybridized carbons (Fsp3) is 0.353. The largest absolute Gasteiger partial charge is 0.462 e. The Morgan fingerprint density at radius 3 is 2.30 bits per heavy atom. The topological polar surface area (TPSA) is 82.4 Å². The van der Waals surface area contributed by atoms with Crippen molar-refractivity contribution in [3.63, 3.8) is 0 Å². The fourth-order valence-corrected chi connectivity index (χ4v) is 1.90. The number of nitrogens with one attached hydrogen (secondary N) is 1. The molecule has 0 aliphatic rings. The fourth-order valence-electron chi connectivity index (χ4n) is 1.90. The molecule has 0 atom stereocenters. The minimum absolute atomic E-state index is 0.0265. The molecule has 0 saturated carbocycles. The number of amides is 1. The zero-order valence-corrected chi connectivity index (χ0v) is 13.6. The molecule has 0 aromatic heterocycles. The van der Waals surface area contributed by atoms with Crippen LogP contribution >= 0.6 is 0 Å². The maximum atomic E-state index is 12.2. The maximum absolute atomic E-state index is 12.2. The lowest BCUT2D eigenvalue weighted by molar-refractivity contribution is -0.138. The molecular formula is C17H21N3O3. The molecule has 1 aromatic rings. The minimum Gasteiger partial charge on any atom is -0.462 e. The number of carbonyl (C=O) groups excluding carboxylic acids is 2. The number of ether oxygens (including phenoxy) is 1. The Kier molecular flexibility index (Phi) is 7.34. The van der Waals surface area contributed by atoms with Gasteiger partial charge in [-0.25, -0.2) is 4.79 Å². The SMILES string of the molecule is CCOC(=O)/C(C#N)=C/Nc1ccc(C(=O)N(CC)CC)cc1. The van der Waals surface area contributed by atoms with E-state index in [-0.39, 0.29) is 18.1 Å². The monoisotopic (exact) mass is 315 g/mol. The van der Waals surface area contributed by atoms with E-state index in [1.807, 2.05) is 13.8 Å². The number of hydrogen-bond acceptors (Lipinski definition) is 5. The highest BCUT2D eigenvalue weighted by molar-refractivity contribution is 5.95. The maximum Gasteiger partial charge on any atom is 0.350 e. The lowest BCUT2D eigenvalue weighted by atomic mass is 10.1. The molecular weight excluding hydrogens is 294 g/mol. The van der Waals surface area contributed by atoms with Crippen molar-refractivity contribution in [3.05, 3.63) is 41.6 Å². The van der Waals surface area contributed by atoms with E-state index < -0.39 is 5.97 Å². The van der Waals surface area contributed by atoms with E-state index in [9.17, 15) is 9.59 Å². The standard InChI is InChI=1S/C17H21N3O3/c1-4-20(5-2)16(21)13-7-9-15(10-8-13)19-12-14(11-18)17(22)23-6-3/h7-10,12,19H,4-6H2,1-3H3/b14-12+. The summed E-state index contributed by atoms with van der Waals surface area (Å²) in [4.78, 5) is 25.4. The van der Waals surface area contributed by atoms with Crippen molar-refractivity contribution in [1.29, 1.82) is 5.26 Å². The van der Waals surface area contributed by atoms with Crippen molar-refractivity contribution in [3.8, 4) is 6.07 Å². The van der Waals surface area contributed by atoms with Crippen LogP contribution in [0.4, 0.5) is 5.69 Å². The van der Waals surface area contributed by atoms with Crippen molar-refractivity contribution in [2.45, 2.75) is 20.8 Å². The third kappa shape index (κ3) is 5.15. The zero-order chi connectivity index (χ0) is 17.2. The number of benzene rings is 1. The molecule has 0 bridgehead atoms. The summed E-state index contributed by atoms with van der Waals surface area (Å²) in [5, 5.41) is 11.8. The first-order chi connectivity index (χ1) is 11.1. The lowest BCUT2D eigenvalue weighted by Gasteiger charge is -2.18. The molecule has 23 heavy (non-hydrogen) atoms. The van der Waals surface area contributed by atoms with Gasteiger partial charge in [-0.1, -0.05) is 0 Å². The molecule has 0 aliphatic heterocycles. The highest BCUT2D eigenvalue weighted by Gasteiger charge is 2.12. The first kappa shape index (κ1) is 18.2. The van der Waals surface area contributed by atoms with Crippen LogP contribution in [0.25, 0.3) is 0 Å². The lowest BCUT2D eigenvalue weighted by Crippen LogP contribution is -2.30. The number of esters is 1. The Morgan fingerprint density at radius 2 is 1.83 bits per heavy atom. The van der Waals surface area contributed by atoms with E-state index in [1.54, 1.807) is 42.2 Å². The summed E-state index contributed by atoms with van der Waals surface area (Å²) in [6.07, 6.45) is 1.29. The van der Waals surface area contributed by atoms with E-state index >= 15 is 0 Å². The van der Waals surface area contributed by atoms with Gasteiger partial charge in [0.2, 0.25) is 0 Å². The molecule has 1 N–H and O–H groups in total. The van der Waals surface area contributed by atoms with Gasteiger partial charge in [-0.3, -0.25) is 4.79 Å². The van der Waals surface area contributed by atoms with Gasteiger partial charge in [0.1, 0.15) is 6.07 Å². The third-order valence-corrected chi connectivity index (χ3v) is 3.18. The quantitative estimate of drug-likeness (QED) is 0.475. The highest BCUT2D eigenvalue weighted by Crippen LogP contribution is 2.12. The van der Waals surface area contributed by atoms with Gasteiger partial charge in [-0.15, -0.1) is 0 Å². The van der Waals surface area contributed by atoms with Gasteiger partial charge < -0.3 is 15.0 Å². The average Bonchev–Trinajstić information content (AvgIpc) is 2.57. The van der Waals surface area contributed by atoms with E-state index in [4.69, 9.17) is 10.00 Å². The molecule has 0 unspecified atom stereocenters. The van der Waals surface area contributed by atoms with Crippen molar-refractivity contribution in [2.75, 3.05) is 25.0 Å². The molecule has 0 radical (unpaired) electrons. The Hall–Kier alpha value is -2.81. The van der Waals surface area contributed by atoms with E-state index in [1.165, 1.54) is 6.20 Å². The summed E-state index contributed by atoms with van der Waals surface area (Å²) in [6.45, 7) is 7.06. The number of rotatable bonds is 7. The van der Waals surface area contributed by atoms with Crippen LogP contribution in [0, 0.1) is 11.3 Å². The van der Waals surface area contributed by atoms with Gasteiger partial charge in [0.05, 0.1) is 6.61 Å². The number of anilines is 1. The predicted molar refractivity (Wildman–Crippen MR) is 87.6 cm³/mol. The number of nitriles is 1. The predicted octanol–water partition coefficient (Wildman–Crippen LogP) is 2.55. The van der Waals surface area contributed by atoms with Crippen molar-refractivity contribution < 1.29 is 14.3 Å². The number of carbonyl (C=O) groups is 2. The first-order valence-electron chi connectivity index (χ1n) is 7.50. The molecule has 0 heterocycles. The summed E-state index contributed by atoms with van der Waals surface area (Å²) in [5.74, 6) is -0.697. The third-order valence-electron chi connectivity index (χ3n) is 3.18. The van der Waals surface area contributed by atoms with Gasteiger partial charge in [0.15, 0.2) is 5.57 Å². The van der Waals surface area contributed by atoms with Crippen molar-refractivity contribution in [1.82, 2.24) is 4.90 Å². The molecule has 122 valence electrons. The van der Waals surface area contributed by atoms with Crippen LogP contribution in [0.5, 0.6) is 0 Å². The summed E-state index contributed by atoms with van der Waals surface area (Å²) < 4.78 is 4.77. The Bertz CT molecular complexity index is 611. The normalized spacial score (nSPS) is 10.6. The Balaban J connectivity index is 2.80. The first-order valence-corrected chi connectivity index (χ1v) is 7.50.